The van der Waals surface area contributed by atoms with E-state index in [4.69, 9.17) is 31.9 Å². The Morgan fingerprint density at radius 1 is 1.19 bits per heavy atom. The quantitative estimate of drug-likeness (QED) is 0.256. The number of halogens is 1. The summed E-state index contributed by atoms with van der Waals surface area (Å²) in [6.45, 7) is 0.296. The predicted octanol–water partition coefficient (Wildman–Crippen LogP) is 2.59. The van der Waals surface area contributed by atoms with Crippen molar-refractivity contribution in [1.82, 2.24) is 0 Å². The summed E-state index contributed by atoms with van der Waals surface area (Å²) in [5.74, 6) is 0.492. The molecule has 1 amide bonds. The number of carbonyl (C=O) groups is 1. The number of benzene rings is 2. The molecule has 0 aliphatic carbocycles. The zero-order chi connectivity index (χ0) is 22.2. The Hall–Kier alpha value is -2.97. The molecule has 3 aromatic rings. The molecular formula is C22H23ClN3O4S+. The molecule has 3 rings (SSSR count). The Morgan fingerprint density at radius 2 is 1.97 bits per heavy atom. The maximum absolute atomic E-state index is 12.4. The van der Waals surface area contributed by atoms with Crippen LogP contribution < -0.4 is 26.8 Å². The van der Waals surface area contributed by atoms with Crippen molar-refractivity contribution in [3.63, 3.8) is 0 Å². The molecule has 0 bridgehead atoms. The summed E-state index contributed by atoms with van der Waals surface area (Å²) in [5.41, 5.74) is 6.37. The average Bonchev–Trinajstić information content (AvgIpc) is 2.76. The standard InChI is InChI=1S/C22H22ClN3O4S/c23-19-16-9-8-15(26-18(27)10-7-14-5-2-1-3-6-14)13-17(16)20(28)30-21(19)29-11-4-12-31-22(24)25/h1-3,5-6,8-9,13H,4,7,10-12H2,(H3,24,25)(H,26,27)/p+1. The Labute approximate surface area is 188 Å². The second-order valence-electron chi connectivity index (χ2n) is 6.74. The van der Waals surface area contributed by atoms with E-state index < -0.39 is 5.63 Å². The molecule has 0 aliphatic heterocycles. The largest absolute Gasteiger partial charge is 0.464 e. The highest BCUT2D eigenvalue weighted by Gasteiger charge is 2.15. The zero-order valence-corrected chi connectivity index (χ0v) is 18.3. The molecule has 162 valence electrons. The van der Waals surface area contributed by atoms with Crippen molar-refractivity contribution in [2.24, 2.45) is 5.73 Å². The van der Waals surface area contributed by atoms with Crippen LogP contribution in [0.1, 0.15) is 18.4 Å². The van der Waals surface area contributed by atoms with Crippen LogP contribution in [-0.4, -0.2) is 23.4 Å². The van der Waals surface area contributed by atoms with Gasteiger partial charge >= 0.3 is 11.6 Å². The van der Waals surface area contributed by atoms with E-state index in [2.05, 4.69) is 5.32 Å². The molecule has 0 fully saturated rings. The molecule has 31 heavy (non-hydrogen) atoms. The molecule has 0 unspecified atom stereocenters. The highest BCUT2D eigenvalue weighted by atomic mass is 35.5. The van der Waals surface area contributed by atoms with E-state index in [1.807, 2.05) is 30.3 Å². The van der Waals surface area contributed by atoms with E-state index >= 15 is 0 Å². The predicted molar refractivity (Wildman–Crippen MR) is 125 cm³/mol. The lowest BCUT2D eigenvalue weighted by atomic mass is 10.1. The number of hydrogen-bond donors (Lipinski definition) is 3. The molecule has 0 atom stereocenters. The van der Waals surface area contributed by atoms with Gasteiger partial charge in [0.2, 0.25) is 5.91 Å². The van der Waals surface area contributed by atoms with Crippen LogP contribution in [0.5, 0.6) is 5.95 Å². The van der Waals surface area contributed by atoms with Crippen LogP contribution in [0.4, 0.5) is 5.69 Å². The van der Waals surface area contributed by atoms with Crippen LogP contribution in [-0.2, 0) is 11.2 Å². The Kier molecular flexibility index (Phi) is 7.97. The lowest BCUT2D eigenvalue weighted by molar-refractivity contribution is -0.116. The fourth-order valence-electron chi connectivity index (χ4n) is 2.91. The van der Waals surface area contributed by atoms with Gasteiger partial charge in [-0.3, -0.25) is 15.9 Å². The molecule has 0 saturated carbocycles. The molecule has 1 aromatic heterocycles. The van der Waals surface area contributed by atoms with Crippen molar-refractivity contribution in [2.75, 3.05) is 17.7 Å². The van der Waals surface area contributed by atoms with Gasteiger partial charge < -0.3 is 14.5 Å². The first-order valence-electron chi connectivity index (χ1n) is 9.67. The summed E-state index contributed by atoms with van der Waals surface area (Å²) < 4.78 is 10.7. The van der Waals surface area contributed by atoms with Gasteiger partial charge in [0, 0.05) is 23.2 Å². The number of amidine groups is 1. The molecule has 0 radical (unpaired) electrons. The molecule has 0 saturated heterocycles. The zero-order valence-electron chi connectivity index (χ0n) is 16.7. The van der Waals surface area contributed by atoms with E-state index in [1.165, 1.54) is 11.8 Å². The molecule has 9 heteroatoms. The van der Waals surface area contributed by atoms with Gasteiger partial charge in [0.15, 0.2) is 0 Å². The van der Waals surface area contributed by atoms with Crippen molar-refractivity contribution >= 4 is 50.9 Å². The minimum absolute atomic E-state index is 0.0338. The van der Waals surface area contributed by atoms with E-state index in [-0.39, 0.29) is 22.3 Å². The SMILES string of the molecule is NC(=[NH2+])SCCCOc1oc(=O)c2cc(NC(=O)CCc3ccccc3)ccc2c1Cl. The van der Waals surface area contributed by atoms with E-state index in [0.29, 0.717) is 47.9 Å². The van der Waals surface area contributed by atoms with Crippen molar-refractivity contribution in [2.45, 2.75) is 19.3 Å². The van der Waals surface area contributed by atoms with E-state index in [9.17, 15) is 9.59 Å². The number of ether oxygens (including phenoxy) is 1. The number of nitrogens with one attached hydrogen (secondary N) is 1. The fraction of sp³-hybridized carbons (Fsp3) is 0.227. The lowest BCUT2D eigenvalue weighted by Gasteiger charge is -2.10. The summed E-state index contributed by atoms with van der Waals surface area (Å²) in [5, 5.41) is 9.44. The highest BCUT2D eigenvalue weighted by molar-refractivity contribution is 8.13. The molecule has 5 N–H and O–H groups in total. The van der Waals surface area contributed by atoms with Crippen LogP contribution in [0.3, 0.4) is 0 Å². The topological polar surface area (TPSA) is 120 Å². The van der Waals surface area contributed by atoms with Gasteiger partial charge in [0.1, 0.15) is 5.02 Å². The number of fused-ring (bicyclic) bond motifs is 1. The normalized spacial score (nSPS) is 10.7. The molecule has 2 aromatic carbocycles. The van der Waals surface area contributed by atoms with Crippen molar-refractivity contribution < 1.29 is 19.4 Å². The molecule has 0 aliphatic rings. The molecule has 1 heterocycles. The average molecular weight is 461 g/mol. The van der Waals surface area contributed by atoms with Gasteiger partial charge in [0.05, 0.1) is 12.0 Å². The first-order valence-corrected chi connectivity index (χ1v) is 11.0. The lowest BCUT2D eigenvalue weighted by Crippen LogP contribution is -2.43. The van der Waals surface area contributed by atoms with Crippen LogP contribution in [0.25, 0.3) is 10.8 Å². The number of rotatable bonds is 9. The van der Waals surface area contributed by atoms with E-state index in [0.717, 1.165) is 5.56 Å². The number of anilines is 1. The minimum atomic E-state index is -0.594. The summed E-state index contributed by atoms with van der Waals surface area (Å²) in [6, 6.07) is 14.6. The number of hydrogen-bond acceptors (Lipinski definition) is 5. The maximum atomic E-state index is 12.4. The first kappa shape index (κ1) is 22.7. The number of amides is 1. The second kappa shape index (κ2) is 10.9. The third kappa shape index (κ3) is 6.50. The Balaban J connectivity index is 1.65. The van der Waals surface area contributed by atoms with Gasteiger partial charge in [-0.1, -0.05) is 48.0 Å². The number of thioether (sulfide) groups is 1. The van der Waals surface area contributed by atoms with Gasteiger partial charge in [-0.15, -0.1) is 0 Å². The third-order valence-electron chi connectivity index (χ3n) is 4.40. The van der Waals surface area contributed by atoms with Gasteiger partial charge in [-0.2, -0.15) is 0 Å². The van der Waals surface area contributed by atoms with Crippen molar-refractivity contribution in [1.29, 1.82) is 0 Å². The van der Waals surface area contributed by atoms with Crippen molar-refractivity contribution in [3.8, 4) is 5.95 Å². The number of aryl methyl sites for hydroxylation is 1. The van der Waals surface area contributed by atoms with Crippen LogP contribution >= 0.6 is 23.4 Å². The van der Waals surface area contributed by atoms with E-state index in [1.54, 1.807) is 18.2 Å². The third-order valence-corrected chi connectivity index (χ3v) is 5.58. The van der Waals surface area contributed by atoms with Gasteiger partial charge in [0.25, 0.3) is 5.17 Å². The minimum Gasteiger partial charge on any atom is -0.464 e. The summed E-state index contributed by atoms with van der Waals surface area (Å²) in [4.78, 5) is 24.7. The molecule has 7 nitrogen and oxygen atoms in total. The fourth-order valence-corrected chi connectivity index (χ4v) is 3.66. The number of carbonyl (C=O) groups excluding carboxylic acids is 1. The molecule has 0 spiro atoms. The van der Waals surface area contributed by atoms with Gasteiger partial charge in [-0.25, -0.2) is 4.79 Å². The molecular weight excluding hydrogens is 438 g/mol. The monoisotopic (exact) mass is 460 g/mol. The second-order valence-corrected chi connectivity index (χ2v) is 8.28. The van der Waals surface area contributed by atoms with Crippen LogP contribution in [0.15, 0.2) is 57.7 Å². The summed E-state index contributed by atoms with van der Waals surface area (Å²) >= 11 is 7.68. The Morgan fingerprint density at radius 3 is 2.71 bits per heavy atom. The Bertz CT molecular complexity index is 1130. The van der Waals surface area contributed by atoms with Crippen molar-refractivity contribution in [3.05, 3.63) is 69.5 Å². The summed E-state index contributed by atoms with van der Waals surface area (Å²) in [7, 11) is 0. The first-order chi connectivity index (χ1) is 14.9. The van der Waals surface area contributed by atoms with Crippen LogP contribution in [0.2, 0.25) is 5.02 Å². The number of nitrogens with two attached hydrogens (primary N) is 2. The van der Waals surface area contributed by atoms with Gasteiger partial charge in [-0.05, 0) is 42.3 Å². The maximum Gasteiger partial charge on any atom is 0.346 e. The highest BCUT2D eigenvalue weighted by Crippen LogP contribution is 2.32. The smallest absolute Gasteiger partial charge is 0.346 e. The van der Waals surface area contributed by atoms with Crippen LogP contribution in [0, 0.1) is 0 Å². The summed E-state index contributed by atoms with van der Waals surface area (Å²) in [6.07, 6.45) is 1.61.